The first-order valence-electron chi connectivity index (χ1n) is 10.5. The third-order valence-corrected chi connectivity index (χ3v) is 5.44. The van der Waals surface area contributed by atoms with Gasteiger partial charge < -0.3 is 19.7 Å². The summed E-state index contributed by atoms with van der Waals surface area (Å²) in [6, 6.07) is 17.2. The fourth-order valence-electron chi connectivity index (χ4n) is 4.09. The molecule has 6 nitrogen and oxygen atoms in total. The number of anilines is 2. The van der Waals surface area contributed by atoms with Gasteiger partial charge in [-0.05, 0) is 60.4 Å². The fraction of sp³-hybridized carbons (Fsp3) is 0.280. The van der Waals surface area contributed by atoms with Crippen molar-refractivity contribution in [1.82, 2.24) is 0 Å². The van der Waals surface area contributed by atoms with Gasteiger partial charge in [0.05, 0.1) is 12.2 Å². The summed E-state index contributed by atoms with van der Waals surface area (Å²) < 4.78 is 10.7. The van der Waals surface area contributed by atoms with Crippen molar-refractivity contribution in [2.45, 2.75) is 19.8 Å². The maximum absolute atomic E-state index is 13.3. The van der Waals surface area contributed by atoms with E-state index in [9.17, 15) is 9.59 Å². The monoisotopic (exact) mass is 418 g/mol. The zero-order valence-electron chi connectivity index (χ0n) is 17.8. The summed E-state index contributed by atoms with van der Waals surface area (Å²) in [5, 5.41) is 4.85. The predicted molar refractivity (Wildman–Crippen MR) is 122 cm³/mol. The molecule has 0 aromatic heterocycles. The lowest BCUT2D eigenvalue weighted by molar-refractivity contribution is -0.122. The third-order valence-electron chi connectivity index (χ3n) is 5.44. The predicted octanol–water partition coefficient (Wildman–Crippen LogP) is 4.42. The Morgan fingerprint density at radius 1 is 1.10 bits per heavy atom. The summed E-state index contributed by atoms with van der Waals surface area (Å²) in [6.45, 7) is 3.10. The minimum Gasteiger partial charge on any atom is -0.493 e. The maximum Gasteiger partial charge on any atom is 0.260 e. The normalized spacial score (nSPS) is 13.0. The van der Waals surface area contributed by atoms with Crippen LogP contribution in [-0.4, -0.2) is 38.7 Å². The van der Waals surface area contributed by atoms with E-state index in [1.165, 1.54) is 7.11 Å². The van der Waals surface area contributed by atoms with Crippen molar-refractivity contribution >= 4 is 34.0 Å². The Morgan fingerprint density at radius 3 is 2.74 bits per heavy atom. The molecule has 3 aromatic rings. The number of methoxy groups -OCH3 is 1. The molecular formula is C25H26N2O4. The molecule has 31 heavy (non-hydrogen) atoms. The van der Waals surface area contributed by atoms with Crippen molar-refractivity contribution in [2.75, 3.05) is 37.1 Å². The van der Waals surface area contributed by atoms with Crippen molar-refractivity contribution in [3.05, 3.63) is 65.7 Å². The highest BCUT2D eigenvalue weighted by atomic mass is 16.5. The van der Waals surface area contributed by atoms with Crippen LogP contribution in [0.4, 0.5) is 11.4 Å². The van der Waals surface area contributed by atoms with Crippen molar-refractivity contribution in [2.24, 2.45) is 0 Å². The first kappa shape index (κ1) is 20.9. The van der Waals surface area contributed by atoms with Gasteiger partial charge in [-0.2, -0.15) is 0 Å². The van der Waals surface area contributed by atoms with Gasteiger partial charge in [0, 0.05) is 25.0 Å². The lowest BCUT2D eigenvalue weighted by Gasteiger charge is -2.29. The Labute approximate surface area is 181 Å². The molecule has 0 saturated heterocycles. The Morgan fingerprint density at radius 2 is 1.94 bits per heavy atom. The second-order valence-corrected chi connectivity index (χ2v) is 7.47. The van der Waals surface area contributed by atoms with Crippen LogP contribution in [0.3, 0.4) is 0 Å². The molecule has 6 heteroatoms. The van der Waals surface area contributed by atoms with E-state index in [0.717, 1.165) is 34.9 Å². The summed E-state index contributed by atoms with van der Waals surface area (Å²) in [5.41, 5.74) is 3.14. The molecule has 0 spiro atoms. The summed E-state index contributed by atoms with van der Waals surface area (Å²) in [5.74, 6) is 0.286. The summed E-state index contributed by atoms with van der Waals surface area (Å²) in [4.78, 5) is 27.4. The number of aryl methyl sites for hydroxylation is 1. The lowest BCUT2D eigenvalue weighted by atomic mass is 10.00. The Hall–Kier alpha value is -3.38. The number of hydrogen-bond donors (Lipinski definition) is 1. The average Bonchev–Trinajstić information content (AvgIpc) is 2.78. The first-order valence-corrected chi connectivity index (χ1v) is 10.5. The van der Waals surface area contributed by atoms with E-state index in [2.05, 4.69) is 5.32 Å². The molecule has 4 rings (SSSR count). The number of hydrogen-bond acceptors (Lipinski definition) is 4. The number of carbonyl (C=O) groups excluding carboxylic acids is 2. The molecule has 0 bridgehead atoms. The Kier molecular flexibility index (Phi) is 6.18. The molecule has 1 aliphatic heterocycles. The minimum absolute atomic E-state index is 0.0548. The van der Waals surface area contributed by atoms with Gasteiger partial charge in [0.2, 0.25) is 0 Å². The zero-order valence-corrected chi connectivity index (χ0v) is 17.8. The van der Waals surface area contributed by atoms with Crippen molar-refractivity contribution in [3.8, 4) is 5.75 Å². The standard InChI is InChI=1S/C25H26N2O4/c1-3-31-22-13-10-17-7-4-5-9-20(17)24(22)25(29)26-19-11-12-21-18(15-19)8-6-14-27(21)23(28)16-30-2/h4-5,7,9-13,15H,3,6,8,14,16H2,1-2H3,(H,26,29). The second kappa shape index (κ2) is 9.18. The molecule has 0 unspecified atom stereocenters. The first-order chi connectivity index (χ1) is 15.1. The van der Waals surface area contributed by atoms with Crippen molar-refractivity contribution in [1.29, 1.82) is 0 Å². The van der Waals surface area contributed by atoms with Gasteiger partial charge in [-0.15, -0.1) is 0 Å². The molecule has 3 aromatic carbocycles. The van der Waals surface area contributed by atoms with Gasteiger partial charge in [0.1, 0.15) is 12.4 Å². The quantitative estimate of drug-likeness (QED) is 0.644. The smallest absolute Gasteiger partial charge is 0.260 e. The van der Waals surface area contributed by atoms with Crippen LogP contribution in [0.25, 0.3) is 10.8 Å². The molecule has 0 atom stereocenters. The average molecular weight is 418 g/mol. The van der Waals surface area contributed by atoms with Crippen LogP contribution in [0.5, 0.6) is 5.75 Å². The van der Waals surface area contributed by atoms with Crippen molar-refractivity contribution < 1.29 is 19.1 Å². The molecule has 160 valence electrons. The second-order valence-electron chi connectivity index (χ2n) is 7.47. The van der Waals surface area contributed by atoms with E-state index >= 15 is 0 Å². The molecule has 0 saturated carbocycles. The molecule has 0 fully saturated rings. The molecule has 2 amide bonds. The highest BCUT2D eigenvalue weighted by Gasteiger charge is 2.23. The number of benzene rings is 3. The Balaban J connectivity index is 1.64. The molecule has 1 N–H and O–H groups in total. The highest BCUT2D eigenvalue weighted by molar-refractivity contribution is 6.15. The molecular weight excluding hydrogens is 392 g/mol. The van der Waals surface area contributed by atoms with E-state index in [1.807, 2.05) is 61.5 Å². The van der Waals surface area contributed by atoms with Crippen LogP contribution in [0.2, 0.25) is 0 Å². The van der Waals surface area contributed by atoms with Gasteiger partial charge in [-0.25, -0.2) is 0 Å². The number of nitrogens with zero attached hydrogens (tertiary/aromatic N) is 1. The van der Waals surface area contributed by atoms with Gasteiger partial charge >= 0.3 is 0 Å². The topological polar surface area (TPSA) is 67.9 Å². The van der Waals surface area contributed by atoms with Crippen LogP contribution in [0.15, 0.2) is 54.6 Å². The zero-order chi connectivity index (χ0) is 21.8. The number of amides is 2. The van der Waals surface area contributed by atoms with Crippen LogP contribution in [-0.2, 0) is 16.0 Å². The third kappa shape index (κ3) is 4.25. The number of nitrogens with one attached hydrogen (secondary N) is 1. The van der Waals surface area contributed by atoms with E-state index in [0.29, 0.717) is 30.2 Å². The Bertz CT molecular complexity index is 1130. The van der Waals surface area contributed by atoms with Gasteiger partial charge in [0.15, 0.2) is 0 Å². The number of ether oxygens (including phenoxy) is 2. The van der Waals surface area contributed by atoms with Crippen LogP contribution in [0, 0.1) is 0 Å². The van der Waals surface area contributed by atoms with Gasteiger partial charge in [-0.3, -0.25) is 9.59 Å². The largest absolute Gasteiger partial charge is 0.493 e. The van der Waals surface area contributed by atoms with Crippen LogP contribution >= 0.6 is 0 Å². The van der Waals surface area contributed by atoms with E-state index in [-0.39, 0.29) is 18.4 Å². The number of fused-ring (bicyclic) bond motifs is 2. The molecule has 0 radical (unpaired) electrons. The maximum atomic E-state index is 13.3. The number of carbonyl (C=O) groups is 2. The highest BCUT2D eigenvalue weighted by Crippen LogP contribution is 2.32. The summed E-state index contributed by atoms with van der Waals surface area (Å²) in [7, 11) is 1.52. The summed E-state index contributed by atoms with van der Waals surface area (Å²) >= 11 is 0. The minimum atomic E-state index is -0.219. The van der Waals surface area contributed by atoms with Gasteiger partial charge in [0.25, 0.3) is 11.8 Å². The summed E-state index contributed by atoms with van der Waals surface area (Å²) in [6.07, 6.45) is 1.73. The lowest BCUT2D eigenvalue weighted by Crippen LogP contribution is -2.37. The van der Waals surface area contributed by atoms with Crippen molar-refractivity contribution in [3.63, 3.8) is 0 Å². The fourth-order valence-corrected chi connectivity index (χ4v) is 4.09. The molecule has 1 heterocycles. The van der Waals surface area contributed by atoms with Gasteiger partial charge in [-0.1, -0.05) is 30.3 Å². The number of rotatable bonds is 6. The van der Waals surface area contributed by atoms with E-state index in [1.54, 1.807) is 4.90 Å². The van der Waals surface area contributed by atoms with Crippen LogP contribution < -0.4 is 15.0 Å². The van der Waals surface area contributed by atoms with E-state index in [4.69, 9.17) is 9.47 Å². The molecule has 1 aliphatic rings. The molecule has 0 aliphatic carbocycles. The van der Waals surface area contributed by atoms with Crippen LogP contribution in [0.1, 0.15) is 29.3 Å². The van der Waals surface area contributed by atoms with E-state index < -0.39 is 0 Å². The SMILES string of the molecule is CCOc1ccc2ccccc2c1C(=O)Nc1ccc2c(c1)CCCN2C(=O)COC.